The lowest BCUT2D eigenvalue weighted by Crippen LogP contribution is -2.07. The van der Waals surface area contributed by atoms with Crippen LogP contribution in [0.3, 0.4) is 0 Å². The van der Waals surface area contributed by atoms with Crippen LogP contribution in [-0.4, -0.2) is 23.9 Å². The SMILES string of the molecule is CCCOc1ccc(Oc2ccc(CNC)nn2)cc1. The predicted molar refractivity (Wildman–Crippen MR) is 77.1 cm³/mol. The Morgan fingerprint density at radius 3 is 2.35 bits per heavy atom. The fourth-order valence-electron chi connectivity index (χ4n) is 1.62. The molecule has 0 saturated carbocycles. The van der Waals surface area contributed by atoms with Gasteiger partial charge in [0, 0.05) is 12.6 Å². The van der Waals surface area contributed by atoms with Crippen molar-refractivity contribution in [2.24, 2.45) is 0 Å². The van der Waals surface area contributed by atoms with Gasteiger partial charge in [-0.05, 0) is 43.8 Å². The van der Waals surface area contributed by atoms with Crippen molar-refractivity contribution in [3.05, 3.63) is 42.1 Å². The molecule has 1 N–H and O–H groups in total. The number of hydrogen-bond acceptors (Lipinski definition) is 5. The Morgan fingerprint density at radius 2 is 1.75 bits per heavy atom. The Labute approximate surface area is 118 Å². The molecule has 5 nitrogen and oxygen atoms in total. The molecule has 2 aromatic rings. The first-order chi connectivity index (χ1) is 9.81. The molecule has 0 aliphatic heterocycles. The molecular weight excluding hydrogens is 254 g/mol. The molecule has 0 saturated heterocycles. The third-order valence-electron chi connectivity index (χ3n) is 2.57. The highest BCUT2D eigenvalue weighted by atomic mass is 16.5. The molecule has 1 heterocycles. The van der Waals surface area contributed by atoms with Crippen molar-refractivity contribution in [2.75, 3.05) is 13.7 Å². The van der Waals surface area contributed by atoms with Crippen LogP contribution in [0.4, 0.5) is 0 Å². The van der Waals surface area contributed by atoms with Gasteiger partial charge in [-0.25, -0.2) is 0 Å². The first kappa shape index (κ1) is 14.3. The molecule has 0 spiro atoms. The number of benzene rings is 1. The van der Waals surface area contributed by atoms with E-state index in [1.54, 1.807) is 6.07 Å². The maximum Gasteiger partial charge on any atom is 0.238 e. The molecule has 0 atom stereocenters. The third kappa shape index (κ3) is 4.20. The molecule has 20 heavy (non-hydrogen) atoms. The zero-order valence-corrected chi connectivity index (χ0v) is 11.8. The Balaban J connectivity index is 1.95. The van der Waals surface area contributed by atoms with Crippen molar-refractivity contribution >= 4 is 0 Å². The molecule has 0 unspecified atom stereocenters. The summed E-state index contributed by atoms with van der Waals surface area (Å²) in [5.41, 5.74) is 0.878. The fraction of sp³-hybridized carbons (Fsp3) is 0.333. The van der Waals surface area contributed by atoms with Gasteiger partial charge in [-0.2, -0.15) is 5.10 Å². The summed E-state index contributed by atoms with van der Waals surface area (Å²) in [4.78, 5) is 0. The van der Waals surface area contributed by atoms with Crippen molar-refractivity contribution in [3.63, 3.8) is 0 Å². The van der Waals surface area contributed by atoms with E-state index in [0.29, 0.717) is 18.2 Å². The van der Waals surface area contributed by atoms with Gasteiger partial charge in [0.25, 0.3) is 0 Å². The van der Waals surface area contributed by atoms with Crippen LogP contribution in [0.15, 0.2) is 36.4 Å². The summed E-state index contributed by atoms with van der Waals surface area (Å²) in [6, 6.07) is 11.2. The Morgan fingerprint density at radius 1 is 1.00 bits per heavy atom. The second-order valence-electron chi connectivity index (χ2n) is 4.32. The number of aromatic nitrogens is 2. The molecule has 0 bridgehead atoms. The van der Waals surface area contributed by atoms with E-state index in [1.165, 1.54) is 0 Å². The maximum atomic E-state index is 5.62. The summed E-state index contributed by atoms with van der Waals surface area (Å²) in [5, 5.41) is 11.1. The van der Waals surface area contributed by atoms with Crippen LogP contribution in [0.25, 0.3) is 0 Å². The van der Waals surface area contributed by atoms with Crippen molar-refractivity contribution in [2.45, 2.75) is 19.9 Å². The third-order valence-corrected chi connectivity index (χ3v) is 2.57. The molecule has 0 amide bonds. The second kappa shape index (κ2) is 7.45. The van der Waals surface area contributed by atoms with Gasteiger partial charge >= 0.3 is 0 Å². The Hall–Kier alpha value is -2.14. The highest BCUT2D eigenvalue weighted by Crippen LogP contribution is 2.22. The maximum absolute atomic E-state index is 5.62. The molecule has 0 aliphatic carbocycles. The van der Waals surface area contributed by atoms with Gasteiger partial charge in [0.15, 0.2) is 0 Å². The predicted octanol–water partition coefficient (Wildman–Crippen LogP) is 2.78. The average molecular weight is 273 g/mol. The van der Waals surface area contributed by atoms with Crippen LogP contribution in [-0.2, 0) is 6.54 Å². The van der Waals surface area contributed by atoms with Crippen LogP contribution >= 0.6 is 0 Å². The van der Waals surface area contributed by atoms with E-state index in [1.807, 2.05) is 37.4 Å². The normalized spacial score (nSPS) is 10.3. The topological polar surface area (TPSA) is 56.3 Å². The smallest absolute Gasteiger partial charge is 0.238 e. The zero-order chi connectivity index (χ0) is 14.2. The minimum Gasteiger partial charge on any atom is -0.494 e. The van der Waals surface area contributed by atoms with Gasteiger partial charge in [-0.1, -0.05) is 6.92 Å². The van der Waals surface area contributed by atoms with Crippen LogP contribution in [0.5, 0.6) is 17.4 Å². The Bertz CT molecular complexity index is 512. The number of rotatable bonds is 7. The number of hydrogen-bond donors (Lipinski definition) is 1. The lowest BCUT2D eigenvalue weighted by molar-refractivity contribution is 0.317. The van der Waals surface area contributed by atoms with Crippen LogP contribution in [0, 0.1) is 0 Å². The van der Waals surface area contributed by atoms with Crippen molar-refractivity contribution in [3.8, 4) is 17.4 Å². The summed E-state index contributed by atoms with van der Waals surface area (Å²) < 4.78 is 11.1. The molecular formula is C15H19N3O2. The minimum atomic E-state index is 0.479. The van der Waals surface area contributed by atoms with Crippen molar-refractivity contribution in [1.29, 1.82) is 0 Å². The molecule has 5 heteroatoms. The summed E-state index contributed by atoms with van der Waals surface area (Å²) in [5.74, 6) is 2.03. The van der Waals surface area contributed by atoms with Gasteiger partial charge in [0.2, 0.25) is 5.88 Å². The fourth-order valence-corrected chi connectivity index (χ4v) is 1.62. The molecule has 0 fully saturated rings. The Kier molecular flexibility index (Phi) is 5.32. The van der Waals surface area contributed by atoms with Gasteiger partial charge < -0.3 is 14.8 Å². The van der Waals surface area contributed by atoms with Crippen LogP contribution in [0.2, 0.25) is 0 Å². The quantitative estimate of drug-likeness (QED) is 0.840. The molecule has 2 rings (SSSR count). The van der Waals surface area contributed by atoms with E-state index in [-0.39, 0.29) is 0 Å². The van der Waals surface area contributed by atoms with Crippen LogP contribution < -0.4 is 14.8 Å². The van der Waals surface area contributed by atoms with Crippen molar-refractivity contribution < 1.29 is 9.47 Å². The van der Waals surface area contributed by atoms with E-state index >= 15 is 0 Å². The first-order valence-corrected chi connectivity index (χ1v) is 6.69. The monoisotopic (exact) mass is 273 g/mol. The molecule has 106 valence electrons. The van der Waals surface area contributed by atoms with Gasteiger partial charge in [0.1, 0.15) is 11.5 Å². The van der Waals surface area contributed by atoms with E-state index in [0.717, 1.165) is 24.5 Å². The second-order valence-corrected chi connectivity index (χ2v) is 4.32. The summed E-state index contributed by atoms with van der Waals surface area (Å²) in [6.07, 6.45) is 0.993. The average Bonchev–Trinajstić information content (AvgIpc) is 2.49. The van der Waals surface area contributed by atoms with Crippen LogP contribution in [0.1, 0.15) is 19.0 Å². The lowest BCUT2D eigenvalue weighted by atomic mass is 10.3. The number of ether oxygens (including phenoxy) is 2. The lowest BCUT2D eigenvalue weighted by Gasteiger charge is -2.07. The minimum absolute atomic E-state index is 0.479. The van der Waals surface area contributed by atoms with E-state index < -0.39 is 0 Å². The van der Waals surface area contributed by atoms with Crippen molar-refractivity contribution in [1.82, 2.24) is 15.5 Å². The molecule has 1 aromatic carbocycles. The number of nitrogens with zero attached hydrogens (tertiary/aromatic N) is 2. The highest BCUT2D eigenvalue weighted by molar-refractivity contribution is 5.33. The van der Waals surface area contributed by atoms with E-state index in [4.69, 9.17) is 9.47 Å². The van der Waals surface area contributed by atoms with Gasteiger partial charge in [-0.15, -0.1) is 5.10 Å². The summed E-state index contributed by atoms with van der Waals surface area (Å²) >= 11 is 0. The summed E-state index contributed by atoms with van der Waals surface area (Å²) in [6.45, 7) is 3.49. The highest BCUT2D eigenvalue weighted by Gasteiger charge is 2.01. The number of nitrogens with one attached hydrogen (secondary N) is 1. The van der Waals surface area contributed by atoms with Gasteiger partial charge in [-0.3, -0.25) is 0 Å². The van der Waals surface area contributed by atoms with E-state index in [9.17, 15) is 0 Å². The first-order valence-electron chi connectivity index (χ1n) is 6.69. The van der Waals surface area contributed by atoms with Gasteiger partial charge in [0.05, 0.1) is 12.3 Å². The summed E-state index contributed by atoms with van der Waals surface area (Å²) in [7, 11) is 1.87. The molecule has 1 aromatic heterocycles. The zero-order valence-electron chi connectivity index (χ0n) is 11.8. The molecule has 0 radical (unpaired) electrons. The largest absolute Gasteiger partial charge is 0.494 e. The standard InChI is InChI=1S/C15H19N3O2/c1-3-10-19-13-5-7-14(8-6-13)20-15-9-4-12(11-16-2)17-18-15/h4-9,16H,3,10-11H2,1-2H3. The molecule has 0 aliphatic rings. The van der Waals surface area contributed by atoms with E-state index in [2.05, 4.69) is 22.4 Å².